The van der Waals surface area contributed by atoms with Crippen molar-refractivity contribution in [2.24, 2.45) is 11.0 Å². The number of carbonyl (C=O) groups excluding carboxylic acids is 1. The predicted molar refractivity (Wildman–Crippen MR) is 65.8 cm³/mol. The van der Waals surface area contributed by atoms with E-state index in [2.05, 4.69) is 10.5 Å². The van der Waals surface area contributed by atoms with Crippen LogP contribution in [0, 0.1) is 5.92 Å². The molecule has 0 spiro atoms. The summed E-state index contributed by atoms with van der Waals surface area (Å²) in [5.74, 6) is 0.247. The summed E-state index contributed by atoms with van der Waals surface area (Å²) in [6, 6.07) is 6.87. The number of benzene rings is 1. The summed E-state index contributed by atoms with van der Waals surface area (Å²) in [7, 11) is 0. The normalized spacial score (nSPS) is 16.5. The second-order valence-electron chi connectivity index (χ2n) is 4.27. The number of nitrogens with zero attached hydrogens (tertiary/aromatic N) is 1. The fourth-order valence-corrected chi connectivity index (χ4v) is 2.04. The van der Waals surface area contributed by atoms with Gasteiger partial charge in [0.15, 0.2) is 0 Å². The smallest absolute Gasteiger partial charge is 0.243 e. The van der Waals surface area contributed by atoms with Gasteiger partial charge in [0.1, 0.15) is 5.75 Å². The van der Waals surface area contributed by atoms with Crippen LogP contribution in [0.5, 0.6) is 5.75 Å². The average Bonchev–Trinajstić information content (AvgIpc) is 2.85. The summed E-state index contributed by atoms with van der Waals surface area (Å²) in [5.41, 5.74) is 3.12. The maximum absolute atomic E-state index is 11.6. The summed E-state index contributed by atoms with van der Waals surface area (Å²) in [4.78, 5) is 11.6. The first-order valence-corrected chi connectivity index (χ1v) is 5.88. The van der Waals surface area contributed by atoms with Gasteiger partial charge in [0.05, 0.1) is 6.21 Å². The third-order valence-electron chi connectivity index (χ3n) is 3.04. The summed E-state index contributed by atoms with van der Waals surface area (Å²) in [5, 5.41) is 13.3. The van der Waals surface area contributed by atoms with Gasteiger partial charge in [0.2, 0.25) is 5.91 Å². The molecule has 1 aliphatic carbocycles. The second kappa shape index (κ2) is 5.48. The number of phenols is 1. The van der Waals surface area contributed by atoms with Crippen LogP contribution in [0.15, 0.2) is 29.4 Å². The number of nitrogens with one attached hydrogen (secondary N) is 1. The van der Waals surface area contributed by atoms with Crippen molar-refractivity contribution in [1.29, 1.82) is 0 Å². The number of para-hydroxylation sites is 1. The van der Waals surface area contributed by atoms with Crippen LogP contribution >= 0.6 is 0 Å². The van der Waals surface area contributed by atoms with E-state index < -0.39 is 0 Å². The van der Waals surface area contributed by atoms with Crippen LogP contribution in [-0.2, 0) is 4.79 Å². The molecule has 2 N–H and O–H groups in total. The molecule has 17 heavy (non-hydrogen) atoms. The number of amides is 1. The minimum atomic E-state index is -0.0193. The Kier molecular flexibility index (Phi) is 3.75. The van der Waals surface area contributed by atoms with E-state index in [1.165, 1.54) is 6.21 Å². The highest BCUT2D eigenvalue weighted by molar-refractivity contribution is 5.85. The lowest BCUT2D eigenvalue weighted by molar-refractivity contribution is -0.124. The fraction of sp³-hybridized carbons (Fsp3) is 0.385. The van der Waals surface area contributed by atoms with Crippen molar-refractivity contribution in [2.75, 3.05) is 0 Å². The van der Waals surface area contributed by atoms with Crippen molar-refractivity contribution in [1.82, 2.24) is 5.43 Å². The standard InChI is InChI=1S/C13H16N2O2/c16-12-8-4-3-7-11(12)9-14-15-13(17)10-5-1-2-6-10/h3-4,7-10,16H,1-2,5-6H2,(H,15,17)/b14-9-. The van der Waals surface area contributed by atoms with Crippen LogP contribution in [0.3, 0.4) is 0 Å². The number of phenolic OH excluding ortho intramolecular Hbond substituents is 1. The van der Waals surface area contributed by atoms with Gasteiger partial charge in [0.25, 0.3) is 0 Å². The molecule has 0 heterocycles. The van der Waals surface area contributed by atoms with Crippen molar-refractivity contribution in [3.63, 3.8) is 0 Å². The van der Waals surface area contributed by atoms with E-state index in [1.54, 1.807) is 24.3 Å². The van der Waals surface area contributed by atoms with Crippen molar-refractivity contribution in [2.45, 2.75) is 25.7 Å². The van der Waals surface area contributed by atoms with Crippen LogP contribution < -0.4 is 5.43 Å². The average molecular weight is 232 g/mol. The molecule has 4 nitrogen and oxygen atoms in total. The third-order valence-corrected chi connectivity index (χ3v) is 3.04. The van der Waals surface area contributed by atoms with E-state index >= 15 is 0 Å². The molecular formula is C13H16N2O2. The van der Waals surface area contributed by atoms with Gasteiger partial charge < -0.3 is 5.11 Å². The van der Waals surface area contributed by atoms with Crippen molar-refractivity contribution >= 4 is 12.1 Å². The van der Waals surface area contributed by atoms with Gasteiger partial charge in [-0.05, 0) is 25.0 Å². The lowest BCUT2D eigenvalue weighted by Crippen LogP contribution is -2.24. The lowest BCUT2D eigenvalue weighted by atomic mass is 10.1. The van der Waals surface area contributed by atoms with Crippen molar-refractivity contribution in [3.8, 4) is 5.75 Å². The molecule has 0 aromatic heterocycles. The number of hydrogen-bond acceptors (Lipinski definition) is 3. The van der Waals surface area contributed by atoms with Gasteiger partial charge in [-0.2, -0.15) is 5.10 Å². The Morgan fingerprint density at radius 2 is 2.06 bits per heavy atom. The minimum Gasteiger partial charge on any atom is -0.507 e. The van der Waals surface area contributed by atoms with Gasteiger partial charge in [-0.15, -0.1) is 0 Å². The van der Waals surface area contributed by atoms with Gasteiger partial charge in [-0.1, -0.05) is 25.0 Å². The Morgan fingerprint density at radius 3 is 2.76 bits per heavy atom. The first-order valence-electron chi connectivity index (χ1n) is 5.88. The molecule has 0 bridgehead atoms. The number of carbonyl (C=O) groups is 1. The summed E-state index contributed by atoms with van der Waals surface area (Å²) in [6.07, 6.45) is 5.63. The zero-order chi connectivity index (χ0) is 12.1. The van der Waals surface area contributed by atoms with Crippen LogP contribution in [0.4, 0.5) is 0 Å². The molecule has 0 unspecified atom stereocenters. The molecule has 0 atom stereocenters. The summed E-state index contributed by atoms with van der Waals surface area (Å²) in [6.45, 7) is 0. The highest BCUT2D eigenvalue weighted by Gasteiger charge is 2.21. The Hall–Kier alpha value is -1.84. The number of rotatable bonds is 3. The predicted octanol–water partition coefficient (Wildman–Crippen LogP) is 2.03. The third kappa shape index (κ3) is 3.06. The van der Waals surface area contributed by atoms with Gasteiger partial charge >= 0.3 is 0 Å². The monoisotopic (exact) mass is 232 g/mol. The van der Waals surface area contributed by atoms with Crippen LogP contribution in [0.2, 0.25) is 0 Å². The van der Waals surface area contributed by atoms with Crippen LogP contribution in [-0.4, -0.2) is 17.2 Å². The molecule has 1 aromatic carbocycles. The molecule has 0 radical (unpaired) electrons. The first-order chi connectivity index (χ1) is 8.27. The maximum atomic E-state index is 11.6. The van der Waals surface area contributed by atoms with E-state index in [-0.39, 0.29) is 17.6 Å². The topological polar surface area (TPSA) is 61.7 Å². The molecule has 1 amide bonds. The molecule has 1 aliphatic rings. The Bertz CT molecular complexity index is 423. The van der Waals surface area contributed by atoms with Gasteiger partial charge in [-0.3, -0.25) is 4.79 Å². The molecule has 1 fully saturated rings. The molecule has 4 heteroatoms. The van der Waals surface area contributed by atoms with E-state index in [9.17, 15) is 9.90 Å². The molecule has 2 rings (SSSR count). The molecular weight excluding hydrogens is 216 g/mol. The number of hydrogen-bond donors (Lipinski definition) is 2. The summed E-state index contributed by atoms with van der Waals surface area (Å²) < 4.78 is 0. The lowest BCUT2D eigenvalue weighted by Gasteiger charge is -2.05. The van der Waals surface area contributed by atoms with Crippen molar-refractivity contribution in [3.05, 3.63) is 29.8 Å². The molecule has 1 saturated carbocycles. The Labute approximate surface area is 100 Å². The van der Waals surface area contributed by atoms with E-state index in [0.717, 1.165) is 25.7 Å². The van der Waals surface area contributed by atoms with E-state index in [1.807, 2.05) is 0 Å². The highest BCUT2D eigenvalue weighted by atomic mass is 16.3. The number of hydrazone groups is 1. The molecule has 90 valence electrons. The largest absolute Gasteiger partial charge is 0.507 e. The molecule has 0 saturated heterocycles. The van der Waals surface area contributed by atoms with E-state index in [4.69, 9.17) is 0 Å². The van der Waals surface area contributed by atoms with Crippen molar-refractivity contribution < 1.29 is 9.90 Å². The zero-order valence-electron chi connectivity index (χ0n) is 9.60. The zero-order valence-corrected chi connectivity index (χ0v) is 9.60. The summed E-state index contributed by atoms with van der Waals surface area (Å²) >= 11 is 0. The molecule has 0 aliphatic heterocycles. The van der Waals surface area contributed by atoms with Crippen LogP contribution in [0.25, 0.3) is 0 Å². The second-order valence-corrected chi connectivity index (χ2v) is 4.27. The highest BCUT2D eigenvalue weighted by Crippen LogP contribution is 2.24. The minimum absolute atomic E-state index is 0.0193. The Morgan fingerprint density at radius 1 is 1.35 bits per heavy atom. The van der Waals surface area contributed by atoms with Gasteiger partial charge in [-0.25, -0.2) is 5.43 Å². The SMILES string of the molecule is O=C(N/N=C\c1ccccc1O)C1CCCC1. The first kappa shape index (κ1) is 11.6. The van der Waals surface area contributed by atoms with E-state index in [0.29, 0.717) is 5.56 Å². The number of aromatic hydroxyl groups is 1. The van der Waals surface area contributed by atoms with Gasteiger partial charge in [0, 0.05) is 11.5 Å². The fourth-order valence-electron chi connectivity index (χ4n) is 2.04. The quantitative estimate of drug-likeness (QED) is 0.618. The Balaban J connectivity index is 1.89. The molecule has 1 aromatic rings. The maximum Gasteiger partial charge on any atom is 0.243 e. The van der Waals surface area contributed by atoms with Crippen LogP contribution in [0.1, 0.15) is 31.2 Å².